The first-order chi connectivity index (χ1) is 12.5. The maximum Gasteiger partial charge on any atom is 0.257 e. The van der Waals surface area contributed by atoms with Crippen LogP contribution in [0.25, 0.3) is 0 Å². The van der Waals surface area contributed by atoms with Crippen molar-refractivity contribution in [2.45, 2.75) is 57.4 Å². The van der Waals surface area contributed by atoms with Gasteiger partial charge >= 0.3 is 0 Å². The number of rotatable bonds is 7. The lowest BCUT2D eigenvalue weighted by molar-refractivity contribution is 0.102. The summed E-state index contributed by atoms with van der Waals surface area (Å²) in [5, 5.41) is 11.9. The van der Waals surface area contributed by atoms with E-state index in [-0.39, 0.29) is 15.5 Å². The molecule has 2 rings (SSSR count). The lowest BCUT2D eigenvalue weighted by Gasteiger charge is -2.21. The van der Waals surface area contributed by atoms with Crippen LogP contribution in [0.2, 0.25) is 5.02 Å². The van der Waals surface area contributed by atoms with Crippen molar-refractivity contribution in [3.8, 4) is 0 Å². The van der Waals surface area contributed by atoms with Crippen molar-refractivity contribution >= 4 is 44.0 Å². The maximum atomic E-state index is 12.6. The van der Waals surface area contributed by atoms with Gasteiger partial charge in [-0.1, -0.05) is 36.3 Å². The van der Waals surface area contributed by atoms with E-state index < -0.39 is 21.5 Å². The number of unbranched alkanes of at least 4 members (excludes halogenated alkanes) is 1. The zero-order valence-electron chi connectivity index (χ0n) is 15.7. The van der Waals surface area contributed by atoms with E-state index >= 15 is 0 Å². The quantitative estimate of drug-likeness (QED) is 0.694. The van der Waals surface area contributed by atoms with Gasteiger partial charge in [0, 0.05) is 17.5 Å². The van der Waals surface area contributed by atoms with Gasteiger partial charge in [0.1, 0.15) is 9.90 Å². The molecule has 2 aromatic rings. The predicted octanol–water partition coefficient (Wildman–Crippen LogP) is 3.86. The third-order valence-corrected chi connectivity index (χ3v) is 6.49. The molecule has 0 aliphatic heterocycles. The summed E-state index contributed by atoms with van der Waals surface area (Å²) < 4.78 is 27.6. The summed E-state index contributed by atoms with van der Waals surface area (Å²) in [6.45, 7) is 7.26. The summed E-state index contributed by atoms with van der Waals surface area (Å²) in [5.74, 6) is -0.475. The van der Waals surface area contributed by atoms with Gasteiger partial charge in [-0.3, -0.25) is 10.1 Å². The molecular formula is C17H23ClN4O3S2. The number of halogens is 1. The van der Waals surface area contributed by atoms with E-state index in [0.29, 0.717) is 5.13 Å². The molecule has 0 unspecified atom stereocenters. The van der Waals surface area contributed by atoms with Crippen molar-refractivity contribution in [1.29, 1.82) is 0 Å². The van der Waals surface area contributed by atoms with Crippen molar-refractivity contribution in [2.24, 2.45) is 0 Å². The number of carbonyl (C=O) groups excluding carboxylic acids is 1. The number of anilines is 1. The van der Waals surface area contributed by atoms with Crippen LogP contribution in [-0.2, 0) is 16.4 Å². The smallest absolute Gasteiger partial charge is 0.257 e. The van der Waals surface area contributed by atoms with Crippen LogP contribution in [0, 0.1) is 0 Å². The second-order valence-electron chi connectivity index (χ2n) is 7.06. The first-order valence-corrected chi connectivity index (χ1v) is 11.2. The zero-order chi connectivity index (χ0) is 20.2. The molecule has 27 heavy (non-hydrogen) atoms. The Hall–Kier alpha value is -1.55. The van der Waals surface area contributed by atoms with Gasteiger partial charge in [-0.2, -0.15) is 0 Å². The number of nitrogens with zero attached hydrogens (tertiary/aromatic N) is 2. The highest BCUT2D eigenvalue weighted by molar-refractivity contribution is 7.89. The monoisotopic (exact) mass is 430 g/mol. The fourth-order valence-electron chi connectivity index (χ4n) is 2.21. The molecule has 0 spiro atoms. The Morgan fingerprint density at radius 2 is 1.96 bits per heavy atom. The average Bonchev–Trinajstić information content (AvgIpc) is 2.98. The van der Waals surface area contributed by atoms with Crippen LogP contribution in [0.15, 0.2) is 23.1 Å². The Bertz CT molecular complexity index is 921. The molecule has 10 heteroatoms. The highest BCUT2D eigenvalue weighted by Gasteiger charge is 2.25. The fourth-order valence-corrected chi connectivity index (χ4v) is 4.93. The number of hydrogen-bond donors (Lipinski definition) is 2. The highest BCUT2D eigenvalue weighted by Crippen LogP contribution is 2.25. The van der Waals surface area contributed by atoms with E-state index in [1.807, 2.05) is 0 Å². The van der Waals surface area contributed by atoms with Crippen molar-refractivity contribution in [3.63, 3.8) is 0 Å². The number of nitrogens with one attached hydrogen (secondary N) is 2. The van der Waals surface area contributed by atoms with E-state index in [1.54, 1.807) is 20.8 Å². The van der Waals surface area contributed by atoms with Gasteiger partial charge in [0.05, 0.1) is 5.02 Å². The number of hydrogen-bond acceptors (Lipinski definition) is 6. The Kier molecular flexibility index (Phi) is 6.96. The highest BCUT2D eigenvalue weighted by atomic mass is 35.5. The molecule has 1 aromatic carbocycles. The maximum absolute atomic E-state index is 12.6. The topological polar surface area (TPSA) is 101 Å². The molecule has 2 N–H and O–H groups in total. The van der Waals surface area contributed by atoms with E-state index in [2.05, 4.69) is 27.2 Å². The molecule has 0 aliphatic carbocycles. The molecule has 1 aromatic heterocycles. The lowest BCUT2D eigenvalue weighted by Crippen LogP contribution is -2.40. The molecule has 0 aliphatic rings. The number of amides is 1. The molecule has 1 amide bonds. The normalized spacial score (nSPS) is 12.2. The summed E-state index contributed by atoms with van der Waals surface area (Å²) in [6.07, 6.45) is 2.86. The summed E-state index contributed by atoms with van der Waals surface area (Å²) >= 11 is 7.36. The van der Waals surface area contributed by atoms with E-state index in [0.717, 1.165) is 24.3 Å². The lowest BCUT2D eigenvalue weighted by atomic mass is 10.1. The van der Waals surface area contributed by atoms with Crippen molar-refractivity contribution in [3.05, 3.63) is 33.8 Å². The number of aryl methyl sites for hydroxylation is 1. The molecule has 0 atom stereocenters. The SMILES string of the molecule is CCCCc1nnc(NC(=O)c2ccc(Cl)c(S(=O)(=O)NC(C)(C)C)c2)s1. The van der Waals surface area contributed by atoms with Gasteiger partial charge in [0.25, 0.3) is 5.91 Å². The van der Waals surface area contributed by atoms with Gasteiger partial charge in [-0.05, 0) is 45.4 Å². The molecule has 0 bridgehead atoms. The number of carbonyl (C=O) groups is 1. The third-order valence-electron chi connectivity index (χ3n) is 3.35. The third kappa shape index (κ3) is 6.24. The Morgan fingerprint density at radius 3 is 2.59 bits per heavy atom. The van der Waals surface area contributed by atoms with E-state index in [4.69, 9.17) is 11.6 Å². The van der Waals surface area contributed by atoms with Gasteiger partial charge in [-0.25, -0.2) is 13.1 Å². The Labute approximate surface area is 168 Å². The minimum absolute atomic E-state index is 0.0427. The first-order valence-electron chi connectivity index (χ1n) is 8.49. The van der Waals surface area contributed by atoms with Crippen molar-refractivity contribution < 1.29 is 13.2 Å². The van der Waals surface area contributed by atoms with Gasteiger partial charge in [0.15, 0.2) is 0 Å². The van der Waals surface area contributed by atoms with Crippen LogP contribution in [-0.4, -0.2) is 30.1 Å². The second-order valence-corrected chi connectivity index (χ2v) is 10.2. The van der Waals surface area contributed by atoms with E-state index in [9.17, 15) is 13.2 Å². The standard InChI is InChI=1S/C17H23ClN4O3S2/c1-5-6-7-14-20-21-16(26-14)19-15(23)11-8-9-12(18)13(10-11)27(24,25)22-17(2,3)4/h8-10,22H,5-7H2,1-4H3,(H,19,21,23). The molecule has 0 saturated carbocycles. The Balaban J connectivity index is 2.21. The van der Waals surface area contributed by atoms with Crippen LogP contribution < -0.4 is 10.0 Å². The van der Waals surface area contributed by atoms with Gasteiger partial charge < -0.3 is 0 Å². The molecule has 148 valence electrons. The second kappa shape index (κ2) is 8.64. The van der Waals surface area contributed by atoms with Crippen molar-refractivity contribution in [2.75, 3.05) is 5.32 Å². The zero-order valence-corrected chi connectivity index (χ0v) is 18.1. The van der Waals surface area contributed by atoms with Crippen molar-refractivity contribution in [1.82, 2.24) is 14.9 Å². The van der Waals surface area contributed by atoms with Crippen LogP contribution in [0.4, 0.5) is 5.13 Å². The summed E-state index contributed by atoms with van der Waals surface area (Å²) in [6, 6.07) is 4.11. The van der Waals surface area contributed by atoms with Crippen LogP contribution in [0.3, 0.4) is 0 Å². The first kappa shape index (κ1) is 21.7. The summed E-state index contributed by atoms with van der Waals surface area (Å²) in [5.41, 5.74) is -0.513. The Morgan fingerprint density at radius 1 is 1.26 bits per heavy atom. The number of sulfonamides is 1. The molecule has 1 heterocycles. The average molecular weight is 431 g/mol. The van der Waals surface area contributed by atoms with E-state index in [1.165, 1.54) is 29.5 Å². The predicted molar refractivity (Wildman–Crippen MR) is 108 cm³/mol. The minimum Gasteiger partial charge on any atom is -0.296 e. The number of benzene rings is 1. The fraction of sp³-hybridized carbons (Fsp3) is 0.471. The molecule has 0 fully saturated rings. The molecule has 0 radical (unpaired) electrons. The van der Waals surface area contributed by atoms with Crippen LogP contribution in [0.1, 0.15) is 55.9 Å². The summed E-state index contributed by atoms with van der Waals surface area (Å²) in [4.78, 5) is 12.3. The minimum atomic E-state index is -3.87. The van der Waals surface area contributed by atoms with Gasteiger partial charge in [0.2, 0.25) is 15.2 Å². The number of aromatic nitrogens is 2. The van der Waals surface area contributed by atoms with Crippen LogP contribution >= 0.6 is 22.9 Å². The molecule has 0 saturated heterocycles. The molecule has 7 nitrogen and oxygen atoms in total. The van der Waals surface area contributed by atoms with Gasteiger partial charge in [-0.15, -0.1) is 10.2 Å². The summed E-state index contributed by atoms with van der Waals surface area (Å²) in [7, 11) is -3.87. The van der Waals surface area contributed by atoms with Crippen LogP contribution in [0.5, 0.6) is 0 Å². The largest absolute Gasteiger partial charge is 0.296 e. The molecular weight excluding hydrogens is 408 g/mol.